The number of piperazine rings is 1. The fourth-order valence-corrected chi connectivity index (χ4v) is 4.67. The Balaban J connectivity index is 1.27. The zero-order chi connectivity index (χ0) is 25.1. The van der Waals surface area contributed by atoms with Gasteiger partial charge in [-0.05, 0) is 50.2 Å². The summed E-state index contributed by atoms with van der Waals surface area (Å²) in [5, 5.41) is 15.7. The Kier molecular flexibility index (Phi) is 7.27. The maximum Gasteiger partial charge on any atom is 0.250 e. The number of aromatic amines is 1. The molecule has 36 heavy (non-hydrogen) atoms. The van der Waals surface area contributed by atoms with Crippen LogP contribution in [0.5, 0.6) is 11.6 Å². The van der Waals surface area contributed by atoms with Gasteiger partial charge in [-0.2, -0.15) is 0 Å². The average molecular weight is 508 g/mol. The Labute approximate surface area is 215 Å². The summed E-state index contributed by atoms with van der Waals surface area (Å²) >= 11 is 6.60. The number of nitrogens with one attached hydrogen (secondary N) is 1. The summed E-state index contributed by atoms with van der Waals surface area (Å²) in [5.74, 6) is 1.22. The van der Waals surface area contributed by atoms with Crippen LogP contribution in [-0.2, 0) is 0 Å². The van der Waals surface area contributed by atoms with Crippen LogP contribution >= 0.6 is 11.6 Å². The molecule has 0 radical (unpaired) electrons. The van der Waals surface area contributed by atoms with E-state index in [4.69, 9.17) is 20.9 Å². The van der Waals surface area contributed by atoms with E-state index in [2.05, 4.69) is 32.0 Å². The van der Waals surface area contributed by atoms with E-state index in [1.165, 1.54) is 0 Å². The van der Waals surface area contributed by atoms with Crippen LogP contribution in [-0.4, -0.2) is 77.6 Å². The first kappa shape index (κ1) is 24.4. The summed E-state index contributed by atoms with van der Waals surface area (Å²) in [7, 11) is 2.17. The topological polar surface area (TPSA) is 90.1 Å². The van der Waals surface area contributed by atoms with Crippen molar-refractivity contribution in [3.05, 3.63) is 58.7 Å². The molecule has 188 valence electrons. The van der Waals surface area contributed by atoms with Crippen molar-refractivity contribution >= 4 is 34.6 Å². The van der Waals surface area contributed by atoms with Crippen molar-refractivity contribution in [2.45, 2.75) is 13.3 Å². The molecule has 2 aromatic heterocycles. The van der Waals surface area contributed by atoms with Crippen LogP contribution in [0.2, 0.25) is 5.02 Å². The predicted molar refractivity (Wildman–Crippen MR) is 143 cm³/mol. The maximum absolute atomic E-state index is 10.4. The molecule has 1 aliphatic heterocycles. The van der Waals surface area contributed by atoms with Crippen LogP contribution in [0.15, 0.2) is 52.0 Å². The van der Waals surface area contributed by atoms with Gasteiger partial charge in [0.25, 0.3) is 5.88 Å². The van der Waals surface area contributed by atoms with Crippen molar-refractivity contribution in [2.75, 3.05) is 46.4 Å². The quantitative estimate of drug-likeness (QED) is 0.250. The van der Waals surface area contributed by atoms with E-state index in [9.17, 15) is 5.11 Å². The number of aromatic nitrogens is 2. The molecule has 0 atom stereocenters. The third-order valence-electron chi connectivity index (χ3n) is 6.49. The van der Waals surface area contributed by atoms with Gasteiger partial charge in [0.05, 0.1) is 28.4 Å². The van der Waals surface area contributed by atoms with E-state index in [-0.39, 0.29) is 5.88 Å². The highest BCUT2D eigenvalue weighted by Gasteiger charge is 2.15. The summed E-state index contributed by atoms with van der Waals surface area (Å²) < 4.78 is 11.1. The number of nitrogens with zero attached hydrogens (tertiary/aromatic N) is 4. The Hall–Kier alpha value is -3.33. The zero-order valence-electron chi connectivity index (χ0n) is 20.5. The minimum atomic E-state index is 0.0125. The molecule has 1 fully saturated rings. The van der Waals surface area contributed by atoms with E-state index >= 15 is 0 Å². The molecule has 0 bridgehead atoms. The first-order chi connectivity index (χ1) is 17.5. The molecule has 9 heteroatoms. The van der Waals surface area contributed by atoms with Gasteiger partial charge in [-0.3, -0.25) is 0 Å². The molecule has 1 aliphatic rings. The van der Waals surface area contributed by atoms with Crippen LogP contribution in [0.4, 0.5) is 5.88 Å². The van der Waals surface area contributed by atoms with Crippen LogP contribution in [0, 0.1) is 6.92 Å². The highest BCUT2D eigenvalue weighted by atomic mass is 35.5. The summed E-state index contributed by atoms with van der Waals surface area (Å²) in [4.78, 5) is 12.1. The summed E-state index contributed by atoms with van der Waals surface area (Å²) in [6.45, 7) is 8.10. The highest BCUT2D eigenvalue weighted by molar-refractivity contribution is 6.34. The van der Waals surface area contributed by atoms with Gasteiger partial charge in [0.2, 0.25) is 0 Å². The monoisotopic (exact) mass is 507 g/mol. The molecule has 0 unspecified atom stereocenters. The molecule has 2 N–H and O–H groups in total. The fraction of sp³-hybridized carbons (Fsp3) is 0.333. The van der Waals surface area contributed by atoms with Gasteiger partial charge in [-0.15, -0.1) is 0 Å². The van der Waals surface area contributed by atoms with Gasteiger partial charge in [-0.25, -0.2) is 4.99 Å². The molecule has 2 aromatic carbocycles. The molecule has 1 saturated heterocycles. The summed E-state index contributed by atoms with van der Waals surface area (Å²) in [6.07, 6.45) is 2.56. The van der Waals surface area contributed by atoms with Gasteiger partial charge in [0.15, 0.2) is 5.88 Å². The molecular formula is C27H30ClN5O3. The number of halogens is 1. The minimum absolute atomic E-state index is 0.0125. The lowest BCUT2D eigenvalue weighted by molar-refractivity contribution is 0.145. The minimum Gasteiger partial charge on any atom is -0.494 e. The van der Waals surface area contributed by atoms with Crippen molar-refractivity contribution in [2.24, 2.45) is 4.99 Å². The van der Waals surface area contributed by atoms with Crippen molar-refractivity contribution in [1.29, 1.82) is 0 Å². The normalized spacial score (nSPS) is 15.3. The van der Waals surface area contributed by atoms with Crippen molar-refractivity contribution < 1.29 is 14.4 Å². The Morgan fingerprint density at radius 3 is 2.67 bits per heavy atom. The lowest BCUT2D eigenvalue weighted by Gasteiger charge is -2.32. The van der Waals surface area contributed by atoms with Crippen LogP contribution in [0.25, 0.3) is 22.0 Å². The largest absolute Gasteiger partial charge is 0.494 e. The number of aryl methyl sites for hydroxylation is 1. The highest BCUT2D eigenvalue weighted by Crippen LogP contribution is 2.36. The lowest BCUT2D eigenvalue weighted by Crippen LogP contribution is -2.44. The Bertz CT molecular complexity index is 1350. The second-order valence-electron chi connectivity index (χ2n) is 9.20. The number of aliphatic imine (C=N–C) groups is 1. The third kappa shape index (κ3) is 5.56. The number of rotatable bonds is 8. The Morgan fingerprint density at radius 1 is 1.17 bits per heavy atom. The first-order valence-electron chi connectivity index (χ1n) is 12.1. The lowest BCUT2D eigenvalue weighted by atomic mass is 10.0. The fourth-order valence-electron chi connectivity index (χ4n) is 4.39. The van der Waals surface area contributed by atoms with Crippen LogP contribution in [0.3, 0.4) is 0 Å². The molecule has 8 nitrogen and oxygen atoms in total. The van der Waals surface area contributed by atoms with E-state index in [1.807, 2.05) is 43.3 Å². The summed E-state index contributed by atoms with van der Waals surface area (Å²) in [6, 6.07) is 13.4. The smallest absolute Gasteiger partial charge is 0.250 e. The van der Waals surface area contributed by atoms with Crippen LogP contribution < -0.4 is 4.74 Å². The van der Waals surface area contributed by atoms with Crippen molar-refractivity contribution in [3.63, 3.8) is 0 Å². The van der Waals surface area contributed by atoms with Crippen molar-refractivity contribution in [3.8, 4) is 22.8 Å². The van der Waals surface area contributed by atoms with Crippen molar-refractivity contribution in [1.82, 2.24) is 19.9 Å². The number of fused-ring (bicyclic) bond motifs is 1. The van der Waals surface area contributed by atoms with E-state index in [1.54, 1.807) is 12.3 Å². The van der Waals surface area contributed by atoms with Gasteiger partial charge < -0.3 is 29.2 Å². The third-order valence-corrected chi connectivity index (χ3v) is 6.80. The number of H-pyrrole nitrogens is 1. The van der Waals surface area contributed by atoms with E-state index in [0.29, 0.717) is 23.1 Å². The molecule has 0 spiro atoms. The summed E-state index contributed by atoms with van der Waals surface area (Å²) in [5.41, 5.74) is 3.83. The average Bonchev–Trinajstić information content (AvgIpc) is 3.42. The molecule has 0 saturated carbocycles. The molecular weight excluding hydrogens is 478 g/mol. The zero-order valence-corrected chi connectivity index (χ0v) is 21.3. The number of ether oxygens (including phenoxy) is 1. The first-order valence-corrected chi connectivity index (χ1v) is 12.5. The number of likely N-dealkylation sites (N-methyl/N-ethyl adjacent to an activating group) is 1. The van der Waals surface area contributed by atoms with E-state index in [0.717, 1.165) is 72.6 Å². The number of hydrogen-bond acceptors (Lipinski definition) is 7. The standard InChI is InChI=1S/C27H30ClN5O3/c1-18-14-26(36-31-18)29-17-23-22-15-21(24(28)16-25(22)30-27(23)34)19-4-6-20(7-5-19)35-13-3-8-33-11-9-32(2)10-12-33/h4-7,14-17,30,34H,3,8-13H2,1-2H3. The predicted octanol–water partition coefficient (Wildman–Crippen LogP) is 5.26. The molecule has 3 heterocycles. The molecule has 0 amide bonds. The number of benzene rings is 2. The second kappa shape index (κ2) is 10.7. The van der Waals surface area contributed by atoms with Crippen LogP contribution in [0.1, 0.15) is 17.7 Å². The maximum atomic E-state index is 10.4. The van der Waals surface area contributed by atoms with Gasteiger partial charge in [0, 0.05) is 56.0 Å². The second-order valence-corrected chi connectivity index (χ2v) is 9.61. The van der Waals surface area contributed by atoms with Gasteiger partial charge in [0.1, 0.15) is 5.75 Å². The van der Waals surface area contributed by atoms with E-state index < -0.39 is 0 Å². The van der Waals surface area contributed by atoms with Gasteiger partial charge in [-0.1, -0.05) is 28.9 Å². The number of hydrogen-bond donors (Lipinski definition) is 2. The molecule has 0 aliphatic carbocycles. The SMILES string of the molecule is Cc1cc(N=Cc2c(O)[nH]c3cc(Cl)c(-c4ccc(OCCCN5CCN(C)CC5)cc4)cc23)on1. The number of aromatic hydroxyl groups is 1. The molecule has 4 aromatic rings. The molecule has 5 rings (SSSR count). The van der Waals surface area contributed by atoms with Gasteiger partial charge >= 0.3 is 0 Å². The Morgan fingerprint density at radius 2 is 1.94 bits per heavy atom.